The second-order valence-corrected chi connectivity index (χ2v) is 7.20. The van der Waals surface area contributed by atoms with Crippen molar-refractivity contribution < 1.29 is 0 Å². The van der Waals surface area contributed by atoms with Gasteiger partial charge >= 0.3 is 0 Å². The lowest BCUT2D eigenvalue weighted by Crippen LogP contribution is -2.34. The van der Waals surface area contributed by atoms with Crippen molar-refractivity contribution in [3.05, 3.63) is 47.3 Å². The fourth-order valence-electron chi connectivity index (χ4n) is 3.66. The van der Waals surface area contributed by atoms with Crippen LogP contribution in [0, 0.1) is 0 Å². The summed E-state index contributed by atoms with van der Waals surface area (Å²) in [7, 11) is 0. The topological polar surface area (TPSA) is 88.4 Å². The van der Waals surface area contributed by atoms with Crippen molar-refractivity contribution in [2.75, 3.05) is 18.0 Å². The van der Waals surface area contributed by atoms with E-state index in [9.17, 15) is 0 Å². The molecule has 0 spiro atoms. The summed E-state index contributed by atoms with van der Waals surface area (Å²) in [4.78, 5) is 20.1. The number of nitrogens with zero attached hydrogens (tertiary/aromatic N) is 7. The van der Waals surface area contributed by atoms with Gasteiger partial charge in [-0.1, -0.05) is 0 Å². The molecule has 0 bridgehead atoms. The first-order valence-corrected chi connectivity index (χ1v) is 9.60. The molecule has 1 N–H and O–H groups in total. The van der Waals surface area contributed by atoms with Gasteiger partial charge in [0.2, 0.25) is 0 Å². The van der Waals surface area contributed by atoms with Crippen LogP contribution in [-0.4, -0.2) is 47.8 Å². The van der Waals surface area contributed by atoms with Crippen LogP contribution in [-0.2, 0) is 6.54 Å². The zero-order valence-corrected chi connectivity index (χ0v) is 14.9. The first kappa shape index (κ1) is 15.4. The number of anilines is 1. The summed E-state index contributed by atoms with van der Waals surface area (Å²) >= 11 is 1.63. The van der Waals surface area contributed by atoms with E-state index in [-0.39, 0.29) is 0 Å². The van der Waals surface area contributed by atoms with E-state index in [0.717, 1.165) is 60.8 Å². The predicted octanol–water partition coefficient (Wildman–Crippen LogP) is 2.44. The molecule has 0 radical (unpaired) electrons. The van der Waals surface area contributed by atoms with Crippen molar-refractivity contribution in [2.24, 2.45) is 0 Å². The zero-order chi connectivity index (χ0) is 17.3. The standard InChI is InChI=1S/C17H18N8S/c1-4-24(17-14-7-22-23-15(14)19-10-20-17)5-2-12(1)16-18-3-6-25(16)8-13-9-26-11-21-13/h3,6-7,9-12H,1-2,4-5,8H2,(H,19,20,22,23). The van der Waals surface area contributed by atoms with Crippen molar-refractivity contribution >= 4 is 28.2 Å². The predicted molar refractivity (Wildman–Crippen MR) is 99.3 cm³/mol. The van der Waals surface area contributed by atoms with Crippen LogP contribution in [0.25, 0.3) is 11.0 Å². The first-order chi connectivity index (χ1) is 12.9. The highest BCUT2D eigenvalue weighted by molar-refractivity contribution is 7.07. The van der Waals surface area contributed by atoms with Gasteiger partial charge in [-0.25, -0.2) is 19.9 Å². The molecule has 8 nitrogen and oxygen atoms in total. The molecule has 0 aromatic carbocycles. The van der Waals surface area contributed by atoms with Crippen molar-refractivity contribution in [2.45, 2.75) is 25.3 Å². The largest absolute Gasteiger partial charge is 0.356 e. The lowest BCUT2D eigenvalue weighted by Gasteiger charge is -2.32. The van der Waals surface area contributed by atoms with Gasteiger partial charge in [-0.3, -0.25) is 5.10 Å². The van der Waals surface area contributed by atoms with Gasteiger partial charge in [-0.2, -0.15) is 5.10 Å². The van der Waals surface area contributed by atoms with Gasteiger partial charge in [0.25, 0.3) is 0 Å². The highest BCUT2D eigenvalue weighted by Crippen LogP contribution is 2.31. The SMILES string of the molecule is c1cn(Cc2cscn2)c(C2CCN(c3ncnc4[nH]ncc34)CC2)n1. The molecule has 132 valence electrons. The Morgan fingerprint density at radius 1 is 1.15 bits per heavy atom. The summed E-state index contributed by atoms with van der Waals surface area (Å²) in [5.41, 5.74) is 3.76. The number of hydrogen-bond donors (Lipinski definition) is 1. The third-order valence-corrected chi connectivity index (χ3v) is 5.59. The van der Waals surface area contributed by atoms with E-state index in [0.29, 0.717) is 5.92 Å². The number of aromatic amines is 1. The molecule has 0 saturated carbocycles. The van der Waals surface area contributed by atoms with Crippen LogP contribution < -0.4 is 4.90 Å². The maximum absolute atomic E-state index is 4.64. The summed E-state index contributed by atoms with van der Waals surface area (Å²) in [6, 6.07) is 0. The lowest BCUT2D eigenvalue weighted by molar-refractivity contribution is 0.468. The van der Waals surface area contributed by atoms with Crippen LogP contribution >= 0.6 is 11.3 Å². The van der Waals surface area contributed by atoms with Gasteiger partial charge in [-0.15, -0.1) is 11.3 Å². The molecule has 4 aromatic heterocycles. The van der Waals surface area contributed by atoms with Gasteiger partial charge in [-0.05, 0) is 12.8 Å². The fourth-order valence-corrected chi connectivity index (χ4v) is 4.21. The minimum absolute atomic E-state index is 0.460. The van der Waals surface area contributed by atoms with E-state index in [2.05, 4.69) is 51.2 Å². The van der Waals surface area contributed by atoms with Gasteiger partial charge < -0.3 is 9.47 Å². The smallest absolute Gasteiger partial charge is 0.160 e. The lowest BCUT2D eigenvalue weighted by atomic mass is 9.95. The van der Waals surface area contributed by atoms with E-state index >= 15 is 0 Å². The number of thiazole rings is 1. The Hall–Kier alpha value is -2.81. The molecule has 4 aromatic rings. The molecule has 1 aliphatic rings. The molecule has 1 saturated heterocycles. The number of hydrogen-bond acceptors (Lipinski definition) is 7. The Bertz CT molecular complexity index is 997. The molecule has 0 unspecified atom stereocenters. The number of piperidine rings is 1. The minimum atomic E-state index is 0.460. The summed E-state index contributed by atoms with van der Waals surface area (Å²) in [5, 5.41) is 10.1. The molecule has 0 atom stereocenters. The van der Waals surface area contributed by atoms with Crippen LogP contribution in [0.1, 0.15) is 30.3 Å². The number of aromatic nitrogens is 7. The molecular weight excluding hydrogens is 348 g/mol. The van der Waals surface area contributed by atoms with Crippen LogP contribution in [0.3, 0.4) is 0 Å². The Morgan fingerprint density at radius 2 is 2.08 bits per heavy atom. The van der Waals surface area contributed by atoms with Crippen molar-refractivity contribution in [3.8, 4) is 0 Å². The highest BCUT2D eigenvalue weighted by atomic mass is 32.1. The number of H-pyrrole nitrogens is 1. The molecule has 5 rings (SSSR count). The summed E-state index contributed by atoms with van der Waals surface area (Å²) in [5.74, 6) is 2.59. The summed E-state index contributed by atoms with van der Waals surface area (Å²) < 4.78 is 2.23. The van der Waals surface area contributed by atoms with Gasteiger partial charge in [0.15, 0.2) is 5.65 Å². The molecule has 5 heterocycles. The number of nitrogens with one attached hydrogen (secondary N) is 1. The maximum Gasteiger partial charge on any atom is 0.160 e. The van der Waals surface area contributed by atoms with E-state index in [1.807, 2.05) is 11.7 Å². The zero-order valence-electron chi connectivity index (χ0n) is 14.1. The molecule has 26 heavy (non-hydrogen) atoms. The Morgan fingerprint density at radius 3 is 2.92 bits per heavy atom. The Balaban J connectivity index is 1.32. The van der Waals surface area contributed by atoms with E-state index < -0.39 is 0 Å². The first-order valence-electron chi connectivity index (χ1n) is 8.65. The van der Waals surface area contributed by atoms with Crippen LogP contribution in [0.15, 0.2) is 35.8 Å². The average molecular weight is 366 g/mol. The normalized spacial score (nSPS) is 15.8. The molecule has 0 aliphatic carbocycles. The number of imidazole rings is 1. The number of rotatable bonds is 4. The van der Waals surface area contributed by atoms with Crippen molar-refractivity contribution in [1.29, 1.82) is 0 Å². The van der Waals surface area contributed by atoms with Crippen LogP contribution in [0.2, 0.25) is 0 Å². The van der Waals surface area contributed by atoms with Crippen molar-refractivity contribution in [3.63, 3.8) is 0 Å². The Kier molecular flexibility index (Phi) is 3.85. The second-order valence-electron chi connectivity index (χ2n) is 6.48. The average Bonchev–Trinajstić information content (AvgIpc) is 3.43. The Labute approximate surface area is 154 Å². The quantitative estimate of drug-likeness (QED) is 0.597. The highest BCUT2D eigenvalue weighted by Gasteiger charge is 2.26. The van der Waals surface area contributed by atoms with E-state index in [4.69, 9.17) is 0 Å². The van der Waals surface area contributed by atoms with Crippen LogP contribution in [0.5, 0.6) is 0 Å². The summed E-state index contributed by atoms with van der Waals surface area (Å²) in [6.07, 6.45) is 9.46. The van der Waals surface area contributed by atoms with Crippen molar-refractivity contribution in [1.82, 2.24) is 34.7 Å². The summed E-state index contributed by atoms with van der Waals surface area (Å²) in [6.45, 7) is 2.69. The molecular formula is C17H18N8S. The molecule has 1 aliphatic heterocycles. The van der Waals surface area contributed by atoms with Crippen LogP contribution in [0.4, 0.5) is 5.82 Å². The third kappa shape index (κ3) is 2.74. The third-order valence-electron chi connectivity index (χ3n) is 4.95. The van der Waals surface area contributed by atoms with Gasteiger partial charge in [0.05, 0.1) is 29.3 Å². The van der Waals surface area contributed by atoms with E-state index in [1.165, 1.54) is 0 Å². The molecule has 0 amide bonds. The van der Waals surface area contributed by atoms with E-state index in [1.54, 1.807) is 23.9 Å². The maximum atomic E-state index is 4.64. The van der Waals surface area contributed by atoms with Gasteiger partial charge in [0.1, 0.15) is 18.0 Å². The van der Waals surface area contributed by atoms with Gasteiger partial charge in [0, 0.05) is 36.8 Å². The second kappa shape index (κ2) is 6.49. The molecule has 1 fully saturated rings. The molecule has 9 heteroatoms. The fraction of sp³-hybridized carbons (Fsp3) is 0.353. The minimum Gasteiger partial charge on any atom is -0.356 e. The number of fused-ring (bicyclic) bond motifs is 1. The monoisotopic (exact) mass is 366 g/mol.